The third-order valence-corrected chi connectivity index (χ3v) is 5.15. The Morgan fingerprint density at radius 3 is 2.04 bits per heavy atom. The second kappa shape index (κ2) is 6.29. The maximum absolute atomic E-state index is 9.38. The number of fused-ring (bicyclic) bond motifs is 3. The first-order valence-electron chi connectivity index (χ1n) is 9.14. The predicted octanol–water partition coefficient (Wildman–Crippen LogP) is 5.90. The molecule has 5 aromatic rings. The maximum atomic E-state index is 9.38. The number of nitrogens with two attached hydrogens (primary N) is 1. The van der Waals surface area contributed by atoms with Gasteiger partial charge in [0.2, 0.25) is 0 Å². The van der Waals surface area contributed by atoms with Gasteiger partial charge in [-0.25, -0.2) is 0 Å². The molecule has 1 aromatic heterocycles. The maximum Gasteiger partial charge on any atom is 0.0991 e. The highest BCUT2D eigenvalue weighted by molar-refractivity contribution is 6.10. The fraction of sp³-hybridized carbons (Fsp3) is 0. The van der Waals surface area contributed by atoms with E-state index in [0.717, 1.165) is 44.3 Å². The summed E-state index contributed by atoms with van der Waals surface area (Å²) < 4.78 is 2.25. The van der Waals surface area contributed by atoms with Gasteiger partial charge in [-0.3, -0.25) is 0 Å². The van der Waals surface area contributed by atoms with Crippen molar-refractivity contribution in [3.63, 3.8) is 0 Å². The Balaban J connectivity index is 1.85. The summed E-state index contributed by atoms with van der Waals surface area (Å²) in [4.78, 5) is 0. The number of para-hydroxylation sites is 1. The molecule has 0 aliphatic heterocycles. The van der Waals surface area contributed by atoms with Crippen molar-refractivity contribution < 1.29 is 0 Å². The molecule has 132 valence electrons. The first-order valence-corrected chi connectivity index (χ1v) is 9.14. The fourth-order valence-electron chi connectivity index (χ4n) is 3.80. The number of hydrogen-bond donors (Lipinski definition) is 1. The van der Waals surface area contributed by atoms with Gasteiger partial charge in [0.25, 0.3) is 0 Å². The number of nitrogen functional groups attached to an aromatic ring is 1. The van der Waals surface area contributed by atoms with E-state index >= 15 is 0 Å². The second-order valence-corrected chi connectivity index (χ2v) is 6.87. The predicted molar refractivity (Wildman–Crippen MR) is 115 cm³/mol. The zero-order chi connectivity index (χ0) is 19.1. The summed E-state index contributed by atoms with van der Waals surface area (Å²) in [6.45, 7) is 0. The van der Waals surface area contributed by atoms with Crippen LogP contribution in [0.2, 0.25) is 0 Å². The Kier molecular flexibility index (Phi) is 3.63. The molecule has 0 fully saturated rings. The molecular weight excluding hydrogens is 342 g/mol. The molecule has 0 saturated carbocycles. The van der Waals surface area contributed by atoms with Crippen LogP contribution in [0.3, 0.4) is 0 Å². The highest BCUT2D eigenvalue weighted by Crippen LogP contribution is 2.35. The van der Waals surface area contributed by atoms with Gasteiger partial charge in [0.15, 0.2) is 0 Å². The van der Waals surface area contributed by atoms with Crippen LogP contribution >= 0.6 is 0 Å². The second-order valence-electron chi connectivity index (χ2n) is 6.87. The lowest BCUT2D eigenvalue weighted by Gasteiger charge is -2.08. The molecule has 5 rings (SSSR count). The van der Waals surface area contributed by atoms with Crippen molar-refractivity contribution in [1.29, 1.82) is 5.26 Å². The molecule has 0 aliphatic carbocycles. The lowest BCUT2D eigenvalue weighted by molar-refractivity contribution is 1.18. The zero-order valence-corrected chi connectivity index (χ0v) is 15.1. The van der Waals surface area contributed by atoms with Gasteiger partial charge in [0, 0.05) is 22.1 Å². The minimum absolute atomic E-state index is 0.664. The number of anilines is 1. The van der Waals surface area contributed by atoms with Gasteiger partial charge in [0.1, 0.15) is 0 Å². The molecule has 0 radical (unpaired) electrons. The van der Waals surface area contributed by atoms with Crippen LogP contribution in [0.15, 0.2) is 91.0 Å². The van der Waals surface area contributed by atoms with Crippen molar-refractivity contribution in [2.24, 2.45) is 0 Å². The summed E-state index contributed by atoms with van der Waals surface area (Å²) in [5.74, 6) is 0. The topological polar surface area (TPSA) is 54.7 Å². The third kappa shape index (κ3) is 2.52. The van der Waals surface area contributed by atoms with Crippen LogP contribution in [0.25, 0.3) is 38.6 Å². The zero-order valence-electron chi connectivity index (χ0n) is 15.1. The SMILES string of the molecule is N#Cc1ccc2c(c1)c1cc(-c3ccc(N)cc3)ccc1n2-c1ccccc1. The average molecular weight is 359 g/mol. The van der Waals surface area contributed by atoms with Crippen LogP contribution < -0.4 is 5.73 Å². The van der Waals surface area contributed by atoms with E-state index in [0.29, 0.717) is 5.56 Å². The molecule has 0 unspecified atom stereocenters. The smallest absolute Gasteiger partial charge is 0.0991 e. The quantitative estimate of drug-likeness (QED) is 0.399. The number of aromatic nitrogens is 1. The summed E-state index contributed by atoms with van der Waals surface area (Å²) in [6.07, 6.45) is 0. The molecule has 0 atom stereocenters. The standard InChI is InChI=1S/C25H17N3/c26-16-17-6-12-24-22(14-17)23-15-19(18-7-10-20(27)11-8-18)9-13-25(23)28(24)21-4-2-1-3-5-21/h1-15H,27H2. The molecule has 3 heteroatoms. The van der Waals surface area contributed by atoms with Gasteiger partial charge in [0.05, 0.1) is 22.7 Å². The largest absolute Gasteiger partial charge is 0.399 e. The molecule has 4 aromatic carbocycles. The van der Waals surface area contributed by atoms with E-state index in [9.17, 15) is 5.26 Å². The third-order valence-electron chi connectivity index (χ3n) is 5.15. The summed E-state index contributed by atoms with van der Waals surface area (Å²) in [6, 6.07) is 32.8. The Hall–Kier alpha value is -4.03. The summed E-state index contributed by atoms with van der Waals surface area (Å²) in [5, 5.41) is 11.6. The summed E-state index contributed by atoms with van der Waals surface area (Å²) in [7, 11) is 0. The van der Waals surface area contributed by atoms with Crippen molar-refractivity contribution in [3.8, 4) is 22.9 Å². The molecule has 0 amide bonds. The lowest BCUT2D eigenvalue weighted by Crippen LogP contribution is -1.93. The van der Waals surface area contributed by atoms with E-state index in [1.54, 1.807) is 0 Å². The fourth-order valence-corrected chi connectivity index (χ4v) is 3.80. The summed E-state index contributed by atoms with van der Waals surface area (Å²) >= 11 is 0. The van der Waals surface area contributed by atoms with Crippen LogP contribution in [0.5, 0.6) is 0 Å². The van der Waals surface area contributed by atoms with E-state index in [4.69, 9.17) is 5.73 Å². The number of hydrogen-bond acceptors (Lipinski definition) is 2. The monoisotopic (exact) mass is 359 g/mol. The van der Waals surface area contributed by atoms with Crippen LogP contribution in [0.4, 0.5) is 5.69 Å². The Morgan fingerprint density at radius 1 is 0.679 bits per heavy atom. The molecule has 0 bridgehead atoms. The molecule has 2 N–H and O–H groups in total. The number of rotatable bonds is 2. The molecule has 1 heterocycles. The van der Waals surface area contributed by atoms with Crippen molar-refractivity contribution >= 4 is 27.5 Å². The number of nitrogens with zero attached hydrogens (tertiary/aromatic N) is 2. The van der Waals surface area contributed by atoms with Crippen molar-refractivity contribution in [3.05, 3.63) is 96.6 Å². The van der Waals surface area contributed by atoms with Gasteiger partial charge in [-0.2, -0.15) is 5.26 Å². The van der Waals surface area contributed by atoms with Crippen LogP contribution in [0, 0.1) is 11.3 Å². The van der Waals surface area contributed by atoms with E-state index < -0.39 is 0 Å². The summed E-state index contributed by atoms with van der Waals surface area (Å²) in [5.41, 5.74) is 12.8. The highest BCUT2D eigenvalue weighted by Gasteiger charge is 2.13. The lowest BCUT2D eigenvalue weighted by atomic mass is 10.0. The Labute approximate surface area is 162 Å². The van der Waals surface area contributed by atoms with E-state index in [-0.39, 0.29) is 0 Å². The Morgan fingerprint density at radius 2 is 1.32 bits per heavy atom. The van der Waals surface area contributed by atoms with Gasteiger partial charge in [-0.15, -0.1) is 0 Å². The number of nitriles is 1. The normalized spacial score (nSPS) is 11.0. The average Bonchev–Trinajstić information content (AvgIpc) is 3.07. The molecule has 0 saturated heterocycles. The molecule has 0 spiro atoms. The van der Waals surface area contributed by atoms with Gasteiger partial charge in [-0.1, -0.05) is 36.4 Å². The minimum atomic E-state index is 0.664. The van der Waals surface area contributed by atoms with Crippen LogP contribution in [-0.4, -0.2) is 4.57 Å². The van der Waals surface area contributed by atoms with E-state index in [1.165, 1.54) is 0 Å². The molecule has 28 heavy (non-hydrogen) atoms. The molecule has 3 nitrogen and oxygen atoms in total. The van der Waals surface area contributed by atoms with Crippen molar-refractivity contribution in [1.82, 2.24) is 4.57 Å². The van der Waals surface area contributed by atoms with Crippen LogP contribution in [-0.2, 0) is 0 Å². The van der Waals surface area contributed by atoms with E-state index in [1.807, 2.05) is 60.7 Å². The van der Waals surface area contributed by atoms with Crippen LogP contribution in [0.1, 0.15) is 5.56 Å². The van der Waals surface area contributed by atoms with Crippen molar-refractivity contribution in [2.45, 2.75) is 0 Å². The van der Waals surface area contributed by atoms with Gasteiger partial charge >= 0.3 is 0 Å². The van der Waals surface area contributed by atoms with Gasteiger partial charge in [-0.05, 0) is 65.7 Å². The molecular formula is C25H17N3. The van der Waals surface area contributed by atoms with Gasteiger partial charge < -0.3 is 10.3 Å². The minimum Gasteiger partial charge on any atom is -0.399 e. The number of benzene rings is 4. The highest BCUT2D eigenvalue weighted by atomic mass is 15.0. The first-order chi connectivity index (χ1) is 13.7. The van der Waals surface area contributed by atoms with Crippen molar-refractivity contribution in [2.75, 3.05) is 5.73 Å². The molecule has 0 aliphatic rings. The first kappa shape index (κ1) is 16.2. The van der Waals surface area contributed by atoms with E-state index in [2.05, 4.69) is 41.0 Å². The Bertz CT molecular complexity index is 1350.